The molecule has 4 aromatic rings. The Morgan fingerprint density at radius 3 is 2.52 bits per heavy atom. The number of amides is 1. The lowest BCUT2D eigenvalue weighted by Crippen LogP contribution is -2.20. The van der Waals surface area contributed by atoms with Crippen LogP contribution in [-0.4, -0.2) is 17.5 Å². The SMILES string of the molecule is Cc1ccc(OCC(=O)Nc2cccc(-c3csc(-c4ccccc4)n3)c2)cc1. The second-order valence-corrected chi connectivity index (χ2v) is 7.49. The van der Waals surface area contributed by atoms with Crippen molar-refractivity contribution in [1.82, 2.24) is 4.98 Å². The fraction of sp³-hybridized carbons (Fsp3) is 0.0833. The molecule has 0 saturated carbocycles. The van der Waals surface area contributed by atoms with E-state index in [0.29, 0.717) is 11.4 Å². The topological polar surface area (TPSA) is 51.2 Å². The molecule has 4 nitrogen and oxygen atoms in total. The fourth-order valence-corrected chi connectivity index (χ4v) is 3.69. The minimum absolute atomic E-state index is 0.0395. The number of benzene rings is 3. The Labute approximate surface area is 173 Å². The maximum atomic E-state index is 12.2. The molecule has 144 valence electrons. The number of hydrogen-bond donors (Lipinski definition) is 1. The largest absolute Gasteiger partial charge is 0.484 e. The van der Waals surface area contributed by atoms with Gasteiger partial charge in [0.2, 0.25) is 0 Å². The smallest absolute Gasteiger partial charge is 0.262 e. The summed E-state index contributed by atoms with van der Waals surface area (Å²) in [4.78, 5) is 17.0. The van der Waals surface area contributed by atoms with Gasteiger partial charge >= 0.3 is 0 Å². The molecule has 0 radical (unpaired) electrons. The van der Waals surface area contributed by atoms with Crippen LogP contribution in [0.2, 0.25) is 0 Å². The van der Waals surface area contributed by atoms with Crippen LogP contribution in [0.15, 0.2) is 84.2 Å². The molecule has 0 unspecified atom stereocenters. The lowest BCUT2D eigenvalue weighted by Gasteiger charge is -2.08. The van der Waals surface area contributed by atoms with Crippen molar-refractivity contribution in [3.05, 3.63) is 89.8 Å². The van der Waals surface area contributed by atoms with Crippen molar-refractivity contribution in [3.8, 4) is 27.6 Å². The fourth-order valence-electron chi connectivity index (χ4n) is 2.86. The molecule has 0 aliphatic carbocycles. The maximum Gasteiger partial charge on any atom is 0.262 e. The molecule has 5 heteroatoms. The minimum atomic E-state index is -0.203. The zero-order chi connectivity index (χ0) is 20.1. The number of nitrogens with one attached hydrogen (secondary N) is 1. The molecule has 3 aromatic carbocycles. The zero-order valence-electron chi connectivity index (χ0n) is 16.0. The molecule has 1 heterocycles. The van der Waals surface area contributed by atoms with Gasteiger partial charge in [-0.1, -0.05) is 60.2 Å². The number of anilines is 1. The third kappa shape index (κ3) is 4.89. The quantitative estimate of drug-likeness (QED) is 0.445. The second-order valence-electron chi connectivity index (χ2n) is 6.63. The highest BCUT2D eigenvalue weighted by atomic mass is 32.1. The number of carbonyl (C=O) groups excluding carboxylic acids is 1. The summed E-state index contributed by atoms with van der Waals surface area (Å²) in [6.45, 7) is 1.97. The third-order valence-electron chi connectivity index (χ3n) is 4.36. The van der Waals surface area contributed by atoms with Crippen molar-refractivity contribution in [2.75, 3.05) is 11.9 Å². The number of nitrogens with zero attached hydrogens (tertiary/aromatic N) is 1. The molecule has 1 aromatic heterocycles. The summed E-state index contributed by atoms with van der Waals surface area (Å²) >= 11 is 1.61. The molecule has 0 atom stereocenters. The van der Waals surface area contributed by atoms with Gasteiger partial charge in [0.15, 0.2) is 6.61 Å². The first-order valence-corrected chi connectivity index (χ1v) is 10.2. The standard InChI is InChI=1S/C24H20N2O2S/c1-17-10-12-21(13-11-17)28-15-23(27)25-20-9-5-8-19(14-20)22-16-29-24(26-22)18-6-3-2-4-7-18/h2-14,16H,15H2,1H3,(H,25,27). The monoisotopic (exact) mass is 400 g/mol. The predicted molar refractivity (Wildman–Crippen MR) is 118 cm³/mol. The first kappa shape index (κ1) is 18.9. The molecule has 0 saturated heterocycles. The van der Waals surface area contributed by atoms with E-state index in [9.17, 15) is 4.79 Å². The number of ether oxygens (including phenoxy) is 1. The van der Waals surface area contributed by atoms with E-state index >= 15 is 0 Å². The molecule has 0 fully saturated rings. The van der Waals surface area contributed by atoms with Gasteiger partial charge in [0.1, 0.15) is 10.8 Å². The molecule has 1 N–H and O–H groups in total. The average molecular weight is 401 g/mol. The second kappa shape index (κ2) is 8.71. The Morgan fingerprint density at radius 1 is 0.966 bits per heavy atom. The predicted octanol–water partition coefficient (Wildman–Crippen LogP) is 5.80. The molecule has 0 bridgehead atoms. The summed E-state index contributed by atoms with van der Waals surface area (Å²) in [6.07, 6.45) is 0. The van der Waals surface area contributed by atoms with Gasteiger partial charge in [-0.3, -0.25) is 4.79 Å². The first-order chi connectivity index (χ1) is 14.2. The van der Waals surface area contributed by atoms with Crippen molar-refractivity contribution in [1.29, 1.82) is 0 Å². The highest BCUT2D eigenvalue weighted by Gasteiger charge is 2.09. The van der Waals surface area contributed by atoms with Crippen molar-refractivity contribution >= 4 is 22.9 Å². The van der Waals surface area contributed by atoms with Crippen LogP contribution in [0.1, 0.15) is 5.56 Å². The van der Waals surface area contributed by atoms with E-state index in [2.05, 4.69) is 5.32 Å². The highest BCUT2D eigenvalue weighted by Crippen LogP contribution is 2.29. The Hall–Kier alpha value is -3.44. The first-order valence-electron chi connectivity index (χ1n) is 9.28. The van der Waals surface area contributed by atoms with Crippen molar-refractivity contribution in [3.63, 3.8) is 0 Å². The maximum absolute atomic E-state index is 12.2. The number of rotatable bonds is 6. The van der Waals surface area contributed by atoms with Gasteiger partial charge in [-0.15, -0.1) is 11.3 Å². The Bertz CT molecular complexity index is 1110. The molecule has 29 heavy (non-hydrogen) atoms. The number of aromatic nitrogens is 1. The third-order valence-corrected chi connectivity index (χ3v) is 5.25. The Kier molecular flexibility index (Phi) is 5.68. The van der Waals surface area contributed by atoms with Crippen molar-refractivity contribution in [2.24, 2.45) is 0 Å². The lowest BCUT2D eigenvalue weighted by atomic mass is 10.1. The summed E-state index contributed by atoms with van der Waals surface area (Å²) in [5.74, 6) is 0.474. The van der Waals surface area contributed by atoms with Crippen LogP contribution in [0.4, 0.5) is 5.69 Å². The van der Waals surface area contributed by atoms with E-state index < -0.39 is 0 Å². The minimum Gasteiger partial charge on any atom is -0.484 e. The van der Waals surface area contributed by atoms with E-state index in [-0.39, 0.29) is 12.5 Å². The molecule has 0 aliphatic rings. The summed E-state index contributed by atoms with van der Waals surface area (Å²) in [6, 6.07) is 25.4. The van der Waals surface area contributed by atoms with Crippen LogP contribution >= 0.6 is 11.3 Å². The number of hydrogen-bond acceptors (Lipinski definition) is 4. The highest BCUT2D eigenvalue weighted by molar-refractivity contribution is 7.13. The summed E-state index contributed by atoms with van der Waals surface area (Å²) in [7, 11) is 0. The molecular weight excluding hydrogens is 380 g/mol. The average Bonchev–Trinajstić information content (AvgIpc) is 3.25. The number of carbonyl (C=O) groups is 1. The van der Waals surface area contributed by atoms with Gasteiger partial charge in [0.25, 0.3) is 5.91 Å². The van der Waals surface area contributed by atoms with Gasteiger partial charge in [-0.2, -0.15) is 0 Å². The van der Waals surface area contributed by atoms with Gasteiger partial charge in [0, 0.05) is 22.2 Å². The van der Waals surface area contributed by atoms with Crippen LogP contribution in [0.25, 0.3) is 21.8 Å². The molecular formula is C24H20N2O2S. The van der Waals surface area contributed by atoms with Gasteiger partial charge in [-0.25, -0.2) is 4.98 Å². The van der Waals surface area contributed by atoms with Crippen molar-refractivity contribution < 1.29 is 9.53 Å². The summed E-state index contributed by atoms with van der Waals surface area (Å²) in [5.41, 5.74) is 4.81. The Morgan fingerprint density at radius 2 is 1.72 bits per heavy atom. The number of thiazole rings is 1. The molecule has 4 rings (SSSR count). The summed E-state index contributed by atoms with van der Waals surface area (Å²) in [5, 5.41) is 5.89. The molecule has 0 aliphatic heterocycles. The van der Waals surface area contributed by atoms with Crippen LogP contribution in [0, 0.1) is 6.92 Å². The van der Waals surface area contributed by atoms with E-state index in [4.69, 9.17) is 9.72 Å². The molecule has 1 amide bonds. The van der Waals surface area contributed by atoms with Crippen LogP contribution in [-0.2, 0) is 4.79 Å². The zero-order valence-corrected chi connectivity index (χ0v) is 16.8. The van der Waals surface area contributed by atoms with Crippen LogP contribution in [0.3, 0.4) is 0 Å². The van der Waals surface area contributed by atoms with E-state index in [1.807, 2.05) is 91.2 Å². The van der Waals surface area contributed by atoms with Gasteiger partial charge in [-0.05, 0) is 31.2 Å². The van der Waals surface area contributed by atoms with E-state index in [1.54, 1.807) is 11.3 Å². The van der Waals surface area contributed by atoms with E-state index in [0.717, 1.165) is 27.4 Å². The Balaban J connectivity index is 1.41. The van der Waals surface area contributed by atoms with Crippen LogP contribution in [0.5, 0.6) is 5.75 Å². The molecule has 0 spiro atoms. The summed E-state index contributed by atoms with van der Waals surface area (Å²) < 4.78 is 5.54. The van der Waals surface area contributed by atoms with Crippen LogP contribution < -0.4 is 10.1 Å². The van der Waals surface area contributed by atoms with Crippen molar-refractivity contribution in [2.45, 2.75) is 6.92 Å². The lowest BCUT2D eigenvalue weighted by molar-refractivity contribution is -0.118. The van der Waals surface area contributed by atoms with Gasteiger partial charge < -0.3 is 10.1 Å². The number of aryl methyl sites for hydroxylation is 1. The van der Waals surface area contributed by atoms with E-state index in [1.165, 1.54) is 0 Å². The van der Waals surface area contributed by atoms with Gasteiger partial charge in [0.05, 0.1) is 5.69 Å². The normalized spacial score (nSPS) is 10.5.